The number of hydrogen-bond acceptors (Lipinski definition) is 6. The van der Waals surface area contributed by atoms with Crippen molar-refractivity contribution in [2.45, 2.75) is 32.8 Å². The lowest BCUT2D eigenvalue weighted by Crippen LogP contribution is -2.17. The number of carbonyl (C=O) groups excluding carboxylic acids is 1. The highest BCUT2D eigenvalue weighted by Gasteiger charge is 2.26. The summed E-state index contributed by atoms with van der Waals surface area (Å²) in [6.45, 7) is 6.59. The molecule has 6 nitrogen and oxygen atoms in total. The van der Waals surface area contributed by atoms with Gasteiger partial charge in [0, 0.05) is 23.4 Å². The van der Waals surface area contributed by atoms with E-state index in [1.165, 1.54) is 11.3 Å². The monoisotopic (exact) mass is 383 g/mol. The molecule has 27 heavy (non-hydrogen) atoms. The topological polar surface area (TPSA) is 87.3 Å². The van der Waals surface area contributed by atoms with Crippen molar-refractivity contribution in [1.29, 1.82) is 0 Å². The standard InChI is InChI=1S/C20H21N3O3S/c1-20(2,3)17-16(27-19(23-17)26-18(21)24)15-7-5-4-6-13(15)12-25-14-8-10-22-11-9-14/h4-11H,12H2,1-3H3,(H2,21,24). The van der Waals surface area contributed by atoms with E-state index in [2.05, 4.69) is 30.7 Å². The fraction of sp³-hybridized carbons (Fsp3) is 0.250. The summed E-state index contributed by atoms with van der Waals surface area (Å²) in [4.78, 5) is 20.6. The van der Waals surface area contributed by atoms with Crippen molar-refractivity contribution in [3.05, 3.63) is 60.0 Å². The molecule has 7 heteroatoms. The number of benzene rings is 1. The van der Waals surface area contributed by atoms with Gasteiger partial charge in [0.1, 0.15) is 12.4 Å². The molecule has 140 valence electrons. The van der Waals surface area contributed by atoms with Gasteiger partial charge in [-0.1, -0.05) is 56.4 Å². The molecule has 1 aromatic carbocycles. The predicted octanol–water partition coefficient (Wildman–Crippen LogP) is 4.54. The zero-order valence-corrected chi connectivity index (χ0v) is 16.2. The maximum atomic E-state index is 11.1. The lowest BCUT2D eigenvalue weighted by Gasteiger charge is -2.19. The molecule has 0 fully saturated rings. The molecule has 2 aromatic heterocycles. The first-order valence-electron chi connectivity index (χ1n) is 8.44. The number of primary amides is 1. The Labute approximate surface area is 162 Å². The summed E-state index contributed by atoms with van der Waals surface area (Å²) in [5.74, 6) is 0.748. The van der Waals surface area contributed by atoms with Crippen molar-refractivity contribution in [2.75, 3.05) is 0 Å². The Kier molecular flexibility index (Phi) is 5.41. The van der Waals surface area contributed by atoms with Crippen molar-refractivity contribution in [2.24, 2.45) is 5.73 Å². The normalized spacial score (nSPS) is 11.2. The summed E-state index contributed by atoms with van der Waals surface area (Å²) < 4.78 is 10.9. The molecule has 0 radical (unpaired) electrons. The molecule has 0 saturated heterocycles. The van der Waals surface area contributed by atoms with E-state index in [0.717, 1.165) is 27.4 Å². The molecule has 0 bridgehead atoms. The maximum Gasteiger partial charge on any atom is 0.411 e. The molecule has 0 atom stereocenters. The highest BCUT2D eigenvalue weighted by atomic mass is 32.1. The molecule has 3 aromatic rings. The van der Waals surface area contributed by atoms with Gasteiger partial charge in [0.05, 0.1) is 10.6 Å². The third-order valence-corrected chi connectivity index (χ3v) is 4.78. The Bertz CT molecular complexity index is 933. The van der Waals surface area contributed by atoms with Gasteiger partial charge in [-0.05, 0) is 17.7 Å². The fourth-order valence-electron chi connectivity index (χ4n) is 2.58. The largest absolute Gasteiger partial charge is 0.489 e. The van der Waals surface area contributed by atoms with Gasteiger partial charge >= 0.3 is 6.09 Å². The van der Waals surface area contributed by atoms with Crippen LogP contribution >= 0.6 is 11.3 Å². The molecule has 0 aliphatic heterocycles. The number of rotatable bonds is 5. The highest BCUT2D eigenvalue weighted by Crippen LogP contribution is 2.41. The Morgan fingerprint density at radius 2 is 1.85 bits per heavy atom. The third-order valence-electron chi connectivity index (χ3n) is 3.81. The second kappa shape index (κ2) is 7.75. The van der Waals surface area contributed by atoms with Crippen LogP contribution in [0.1, 0.15) is 32.0 Å². The van der Waals surface area contributed by atoms with E-state index < -0.39 is 6.09 Å². The first-order chi connectivity index (χ1) is 12.8. The van der Waals surface area contributed by atoms with Gasteiger partial charge < -0.3 is 15.2 Å². The van der Waals surface area contributed by atoms with Crippen LogP contribution in [-0.4, -0.2) is 16.1 Å². The van der Waals surface area contributed by atoms with E-state index in [-0.39, 0.29) is 10.6 Å². The van der Waals surface area contributed by atoms with Crippen molar-refractivity contribution in [3.8, 4) is 21.4 Å². The van der Waals surface area contributed by atoms with E-state index in [0.29, 0.717) is 6.61 Å². The van der Waals surface area contributed by atoms with Crippen LogP contribution in [0.2, 0.25) is 0 Å². The van der Waals surface area contributed by atoms with E-state index >= 15 is 0 Å². The van der Waals surface area contributed by atoms with Crippen molar-refractivity contribution in [3.63, 3.8) is 0 Å². The summed E-state index contributed by atoms with van der Waals surface area (Å²) in [7, 11) is 0. The molecule has 3 rings (SSSR count). The van der Waals surface area contributed by atoms with Crippen LogP contribution in [0.15, 0.2) is 48.8 Å². The van der Waals surface area contributed by atoms with Crippen molar-refractivity contribution in [1.82, 2.24) is 9.97 Å². The Hall–Kier alpha value is -2.93. The number of thiazole rings is 1. The number of amides is 1. The minimum absolute atomic E-state index is 0.232. The van der Waals surface area contributed by atoms with Crippen molar-refractivity contribution >= 4 is 17.4 Å². The van der Waals surface area contributed by atoms with Gasteiger partial charge in [0.2, 0.25) is 0 Å². The molecule has 0 unspecified atom stereocenters. The summed E-state index contributed by atoms with van der Waals surface area (Å²) in [6, 6.07) is 11.6. The number of pyridine rings is 1. The fourth-order valence-corrected chi connectivity index (χ4v) is 3.78. The van der Waals surface area contributed by atoms with E-state index in [4.69, 9.17) is 15.2 Å². The average Bonchev–Trinajstić information content (AvgIpc) is 3.04. The molecular weight excluding hydrogens is 362 g/mol. The predicted molar refractivity (Wildman–Crippen MR) is 105 cm³/mol. The van der Waals surface area contributed by atoms with Crippen LogP contribution in [0, 0.1) is 0 Å². The van der Waals surface area contributed by atoms with Gasteiger partial charge in [0.25, 0.3) is 5.19 Å². The van der Waals surface area contributed by atoms with E-state index in [1.807, 2.05) is 36.4 Å². The molecule has 2 heterocycles. The number of nitrogens with two attached hydrogens (primary N) is 1. The number of carbonyl (C=O) groups is 1. The number of nitrogens with zero attached hydrogens (tertiary/aromatic N) is 2. The molecule has 2 N–H and O–H groups in total. The number of hydrogen-bond donors (Lipinski definition) is 1. The first-order valence-corrected chi connectivity index (χ1v) is 9.26. The second-order valence-electron chi connectivity index (χ2n) is 6.96. The highest BCUT2D eigenvalue weighted by molar-refractivity contribution is 7.17. The van der Waals surface area contributed by atoms with Crippen LogP contribution < -0.4 is 15.2 Å². The molecule has 0 aliphatic rings. The molecule has 0 spiro atoms. The Morgan fingerprint density at radius 1 is 1.15 bits per heavy atom. The van der Waals surface area contributed by atoms with Crippen molar-refractivity contribution < 1.29 is 14.3 Å². The first kappa shape index (κ1) is 18.8. The molecule has 1 amide bonds. The lowest BCUT2D eigenvalue weighted by molar-refractivity contribution is 0.210. The average molecular weight is 383 g/mol. The van der Waals surface area contributed by atoms with Crippen LogP contribution in [0.3, 0.4) is 0 Å². The van der Waals surface area contributed by atoms with E-state index in [9.17, 15) is 4.79 Å². The zero-order valence-electron chi connectivity index (χ0n) is 15.4. The van der Waals surface area contributed by atoms with Crippen LogP contribution in [-0.2, 0) is 12.0 Å². The molecular formula is C20H21N3O3S. The van der Waals surface area contributed by atoms with Gasteiger partial charge in [0.15, 0.2) is 0 Å². The summed E-state index contributed by atoms with van der Waals surface area (Å²) >= 11 is 1.30. The van der Waals surface area contributed by atoms with Gasteiger partial charge in [-0.25, -0.2) is 9.78 Å². The lowest BCUT2D eigenvalue weighted by atomic mass is 9.89. The van der Waals surface area contributed by atoms with Gasteiger partial charge in [-0.3, -0.25) is 4.98 Å². The quantitative estimate of drug-likeness (QED) is 0.699. The summed E-state index contributed by atoms with van der Waals surface area (Å²) in [6.07, 6.45) is 2.51. The second-order valence-corrected chi connectivity index (χ2v) is 7.92. The number of ether oxygens (including phenoxy) is 2. The Morgan fingerprint density at radius 3 is 2.52 bits per heavy atom. The van der Waals surface area contributed by atoms with E-state index in [1.54, 1.807) is 12.4 Å². The van der Waals surface area contributed by atoms with Crippen LogP contribution in [0.4, 0.5) is 4.79 Å². The van der Waals surface area contributed by atoms with Crippen LogP contribution in [0.25, 0.3) is 10.4 Å². The molecule has 0 saturated carbocycles. The smallest absolute Gasteiger partial charge is 0.411 e. The molecule has 0 aliphatic carbocycles. The van der Waals surface area contributed by atoms with Gasteiger partial charge in [-0.15, -0.1) is 0 Å². The third kappa shape index (κ3) is 4.62. The zero-order chi connectivity index (χ0) is 19.4. The minimum Gasteiger partial charge on any atom is -0.489 e. The summed E-state index contributed by atoms with van der Waals surface area (Å²) in [5, 5.41) is 0.243. The van der Waals surface area contributed by atoms with Crippen LogP contribution in [0.5, 0.6) is 10.9 Å². The number of aromatic nitrogens is 2. The Balaban J connectivity index is 1.98. The minimum atomic E-state index is -0.870. The van der Waals surface area contributed by atoms with Gasteiger partial charge in [-0.2, -0.15) is 0 Å². The SMILES string of the molecule is CC(C)(C)c1nc(OC(N)=O)sc1-c1ccccc1COc1ccncc1. The summed E-state index contributed by atoms with van der Waals surface area (Å²) in [5.41, 5.74) is 7.77. The maximum absolute atomic E-state index is 11.1.